The van der Waals surface area contributed by atoms with E-state index in [2.05, 4.69) is 52.8 Å². The molecule has 0 bridgehead atoms. The van der Waals surface area contributed by atoms with Gasteiger partial charge >= 0.3 is 0 Å². The van der Waals surface area contributed by atoms with Gasteiger partial charge in [0.2, 0.25) is 0 Å². The van der Waals surface area contributed by atoms with Gasteiger partial charge in [-0.2, -0.15) is 11.3 Å². The SMILES string of the molecule is CCNC(c1cscc1Br)C1CCCC1(C)C. The predicted molar refractivity (Wildman–Crippen MR) is 79.6 cm³/mol. The Balaban J connectivity index is 2.26. The maximum Gasteiger partial charge on any atom is 0.0373 e. The van der Waals surface area contributed by atoms with E-state index in [1.165, 1.54) is 29.3 Å². The molecule has 1 fully saturated rings. The maximum atomic E-state index is 3.70. The van der Waals surface area contributed by atoms with Crippen LogP contribution in [0.25, 0.3) is 0 Å². The molecule has 1 aromatic heterocycles. The highest BCUT2D eigenvalue weighted by Crippen LogP contribution is 2.49. The molecule has 1 aliphatic rings. The molecule has 17 heavy (non-hydrogen) atoms. The number of halogens is 1. The third kappa shape index (κ3) is 2.77. The van der Waals surface area contributed by atoms with Gasteiger partial charge in [-0.05, 0) is 57.6 Å². The fraction of sp³-hybridized carbons (Fsp3) is 0.714. The van der Waals surface area contributed by atoms with Gasteiger partial charge in [-0.3, -0.25) is 0 Å². The van der Waals surface area contributed by atoms with E-state index >= 15 is 0 Å². The molecule has 3 heteroatoms. The van der Waals surface area contributed by atoms with Crippen molar-refractivity contribution in [1.82, 2.24) is 5.32 Å². The quantitative estimate of drug-likeness (QED) is 0.825. The van der Waals surface area contributed by atoms with Gasteiger partial charge in [-0.15, -0.1) is 0 Å². The standard InChI is InChI=1S/C14H22BrNS/c1-4-16-13(10-8-17-9-12(10)15)11-6-5-7-14(11,2)3/h8-9,11,13,16H,4-7H2,1-3H3. The second-order valence-electron chi connectivity index (χ2n) is 5.70. The number of rotatable bonds is 4. The smallest absolute Gasteiger partial charge is 0.0373 e. The lowest BCUT2D eigenvalue weighted by atomic mass is 9.76. The summed E-state index contributed by atoms with van der Waals surface area (Å²) >= 11 is 5.48. The lowest BCUT2D eigenvalue weighted by Gasteiger charge is -2.34. The number of thiophene rings is 1. The van der Waals surface area contributed by atoms with Crippen LogP contribution < -0.4 is 5.32 Å². The van der Waals surface area contributed by atoms with Crippen molar-refractivity contribution in [2.24, 2.45) is 11.3 Å². The topological polar surface area (TPSA) is 12.0 Å². The first-order valence-corrected chi connectivity index (χ1v) is 8.25. The molecule has 0 aliphatic heterocycles. The summed E-state index contributed by atoms with van der Waals surface area (Å²) in [7, 11) is 0. The average Bonchev–Trinajstić information content (AvgIpc) is 2.81. The predicted octanol–water partition coefficient (Wildman–Crippen LogP) is 4.99. The third-order valence-electron chi connectivity index (χ3n) is 4.14. The molecule has 1 saturated carbocycles. The Morgan fingerprint density at radius 2 is 2.29 bits per heavy atom. The Kier molecular flexibility index (Phi) is 4.32. The molecule has 0 aromatic carbocycles. The van der Waals surface area contributed by atoms with Crippen LogP contribution in [-0.2, 0) is 0 Å². The van der Waals surface area contributed by atoms with Gasteiger partial charge in [0, 0.05) is 15.9 Å². The maximum absolute atomic E-state index is 3.70. The van der Waals surface area contributed by atoms with Gasteiger partial charge in [0.05, 0.1) is 0 Å². The van der Waals surface area contributed by atoms with Crippen molar-refractivity contribution in [1.29, 1.82) is 0 Å². The monoisotopic (exact) mass is 315 g/mol. The fourth-order valence-electron chi connectivity index (χ4n) is 3.17. The largest absolute Gasteiger partial charge is 0.310 e. The highest BCUT2D eigenvalue weighted by molar-refractivity contribution is 9.10. The second-order valence-corrected chi connectivity index (χ2v) is 7.30. The van der Waals surface area contributed by atoms with Crippen molar-refractivity contribution in [3.63, 3.8) is 0 Å². The van der Waals surface area contributed by atoms with Crippen LogP contribution in [0.15, 0.2) is 15.2 Å². The van der Waals surface area contributed by atoms with Crippen molar-refractivity contribution in [2.75, 3.05) is 6.54 Å². The summed E-state index contributed by atoms with van der Waals surface area (Å²) in [5, 5.41) is 8.19. The summed E-state index contributed by atoms with van der Waals surface area (Å²) in [4.78, 5) is 0. The molecular formula is C14H22BrNS. The van der Waals surface area contributed by atoms with Crippen molar-refractivity contribution in [2.45, 2.75) is 46.1 Å². The van der Waals surface area contributed by atoms with E-state index in [-0.39, 0.29) is 0 Å². The van der Waals surface area contributed by atoms with E-state index in [9.17, 15) is 0 Å². The normalized spacial score (nSPS) is 25.1. The van der Waals surface area contributed by atoms with E-state index in [0.29, 0.717) is 11.5 Å². The zero-order chi connectivity index (χ0) is 12.5. The minimum atomic E-state index is 0.466. The van der Waals surface area contributed by atoms with E-state index in [1.807, 2.05) is 0 Å². The lowest BCUT2D eigenvalue weighted by molar-refractivity contribution is 0.199. The molecule has 0 amide bonds. The summed E-state index contributed by atoms with van der Waals surface area (Å²) in [5.41, 5.74) is 1.92. The molecular weight excluding hydrogens is 294 g/mol. The Bertz CT molecular complexity index is 372. The Morgan fingerprint density at radius 3 is 2.76 bits per heavy atom. The first-order valence-electron chi connectivity index (χ1n) is 6.51. The summed E-state index contributed by atoms with van der Waals surface area (Å²) in [6, 6.07) is 0.512. The first kappa shape index (κ1) is 13.6. The second kappa shape index (κ2) is 5.41. The Labute approximate surface area is 117 Å². The first-order chi connectivity index (χ1) is 8.06. The summed E-state index contributed by atoms with van der Waals surface area (Å²) in [6.07, 6.45) is 4.09. The molecule has 1 nitrogen and oxygen atoms in total. The zero-order valence-electron chi connectivity index (χ0n) is 10.9. The Morgan fingerprint density at radius 1 is 1.53 bits per heavy atom. The minimum absolute atomic E-state index is 0.466. The van der Waals surface area contributed by atoms with E-state index < -0.39 is 0 Å². The highest BCUT2D eigenvalue weighted by Gasteiger charge is 2.40. The van der Waals surface area contributed by atoms with Crippen LogP contribution in [0.1, 0.15) is 51.6 Å². The van der Waals surface area contributed by atoms with E-state index in [0.717, 1.165) is 12.5 Å². The van der Waals surface area contributed by atoms with Crippen LogP contribution >= 0.6 is 27.3 Å². The van der Waals surface area contributed by atoms with Crippen LogP contribution in [0.5, 0.6) is 0 Å². The van der Waals surface area contributed by atoms with Crippen LogP contribution in [0.3, 0.4) is 0 Å². The number of nitrogens with one attached hydrogen (secondary N) is 1. The van der Waals surface area contributed by atoms with Gasteiger partial charge in [0.1, 0.15) is 0 Å². The Hall–Kier alpha value is 0.140. The van der Waals surface area contributed by atoms with Gasteiger partial charge in [0.25, 0.3) is 0 Å². The van der Waals surface area contributed by atoms with Crippen molar-refractivity contribution in [3.05, 3.63) is 20.8 Å². The van der Waals surface area contributed by atoms with Crippen LogP contribution in [0.2, 0.25) is 0 Å². The number of hydrogen-bond acceptors (Lipinski definition) is 2. The third-order valence-corrected chi connectivity index (χ3v) is 5.90. The minimum Gasteiger partial charge on any atom is -0.310 e. The molecule has 0 saturated heterocycles. The van der Waals surface area contributed by atoms with Crippen LogP contribution in [0.4, 0.5) is 0 Å². The van der Waals surface area contributed by atoms with Gasteiger partial charge < -0.3 is 5.32 Å². The zero-order valence-corrected chi connectivity index (χ0v) is 13.3. The van der Waals surface area contributed by atoms with Crippen LogP contribution in [0, 0.1) is 11.3 Å². The van der Waals surface area contributed by atoms with Gasteiger partial charge in [-0.1, -0.05) is 27.2 Å². The molecule has 1 N–H and O–H groups in total. The summed E-state index contributed by atoms with van der Waals surface area (Å²) in [6.45, 7) is 8.10. The molecule has 1 aliphatic carbocycles. The summed E-state index contributed by atoms with van der Waals surface area (Å²) < 4.78 is 1.27. The molecule has 1 heterocycles. The molecule has 0 spiro atoms. The van der Waals surface area contributed by atoms with Crippen LogP contribution in [-0.4, -0.2) is 6.54 Å². The fourth-order valence-corrected chi connectivity index (χ4v) is 4.75. The molecule has 96 valence electrons. The van der Waals surface area contributed by atoms with E-state index in [1.54, 1.807) is 11.3 Å². The molecule has 2 atom stereocenters. The van der Waals surface area contributed by atoms with Crippen molar-refractivity contribution in [3.8, 4) is 0 Å². The van der Waals surface area contributed by atoms with Crippen molar-refractivity contribution < 1.29 is 0 Å². The number of hydrogen-bond donors (Lipinski definition) is 1. The average molecular weight is 316 g/mol. The molecule has 2 rings (SSSR count). The van der Waals surface area contributed by atoms with Gasteiger partial charge in [0.15, 0.2) is 0 Å². The highest BCUT2D eigenvalue weighted by atomic mass is 79.9. The molecule has 0 radical (unpaired) electrons. The summed E-state index contributed by atoms with van der Waals surface area (Å²) in [5.74, 6) is 0.758. The van der Waals surface area contributed by atoms with Gasteiger partial charge in [-0.25, -0.2) is 0 Å². The molecule has 1 aromatic rings. The lowest BCUT2D eigenvalue weighted by Crippen LogP contribution is -2.33. The van der Waals surface area contributed by atoms with Crippen molar-refractivity contribution >= 4 is 27.3 Å². The van der Waals surface area contributed by atoms with E-state index in [4.69, 9.17) is 0 Å². The molecule has 2 unspecified atom stereocenters.